The zero-order valence-corrected chi connectivity index (χ0v) is 13.0. The average Bonchev–Trinajstić information content (AvgIpc) is 2.67. The Labute approximate surface area is 126 Å². The fraction of sp³-hybridized carbons (Fsp3) is 0.500. The number of benzene rings is 1. The Bertz CT molecular complexity index is 529. The van der Waals surface area contributed by atoms with Crippen molar-refractivity contribution in [3.63, 3.8) is 0 Å². The SMILES string of the molecule is CCC(C)(C(=O)N1CCCCc2ccccc21)C(N)=S. The lowest BCUT2D eigenvalue weighted by Crippen LogP contribution is -2.49. The number of carbonyl (C=O) groups is 1. The monoisotopic (exact) mass is 290 g/mol. The van der Waals surface area contributed by atoms with Crippen molar-refractivity contribution in [2.75, 3.05) is 11.4 Å². The van der Waals surface area contributed by atoms with Crippen LogP contribution in [0.3, 0.4) is 0 Å². The summed E-state index contributed by atoms with van der Waals surface area (Å²) in [7, 11) is 0. The second kappa shape index (κ2) is 5.92. The molecular weight excluding hydrogens is 268 g/mol. The summed E-state index contributed by atoms with van der Waals surface area (Å²) in [6.07, 6.45) is 3.77. The molecule has 0 saturated carbocycles. The van der Waals surface area contributed by atoms with E-state index in [1.165, 1.54) is 5.56 Å². The average molecular weight is 290 g/mol. The van der Waals surface area contributed by atoms with Crippen LogP contribution < -0.4 is 10.6 Å². The van der Waals surface area contributed by atoms with Crippen molar-refractivity contribution < 1.29 is 4.79 Å². The Kier molecular flexibility index (Phi) is 4.43. The third-order valence-corrected chi connectivity index (χ3v) is 4.78. The van der Waals surface area contributed by atoms with Crippen molar-refractivity contribution in [2.24, 2.45) is 11.1 Å². The van der Waals surface area contributed by atoms with Gasteiger partial charge in [0.1, 0.15) is 0 Å². The molecule has 0 spiro atoms. The second-order valence-electron chi connectivity index (χ2n) is 5.59. The van der Waals surface area contributed by atoms with Crippen molar-refractivity contribution >= 4 is 28.8 Å². The predicted molar refractivity (Wildman–Crippen MR) is 86.9 cm³/mol. The summed E-state index contributed by atoms with van der Waals surface area (Å²) in [4.78, 5) is 15.1. The molecule has 1 aliphatic rings. The summed E-state index contributed by atoms with van der Waals surface area (Å²) >= 11 is 5.14. The van der Waals surface area contributed by atoms with Gasteiger partial charge in [-0.25, -0.2) is 0 Å². The Hall–Kier alpha value is -1.42. The van der Waals surface area contributed by atoms with Crippen LogP contribution in [-0.4, -0.2) is 17.4 Å². The van der Waals surface area contributed by atoms with Gasteiger partial charge in [-0.2, -0.15) is 0 Å². The molecule has 0 aliphatic carbocycles. The van der Waals surface area contributed by atoms with Crippen LogP contribution in [0.25, 0.3) is 0 Å². The molecule has 1 heterocycles. The van der Waals surface area contributed by atoms with E-state index < -0.39 is 5.41 Å². The van der Waals surface area contributed by atoms with Crippen molar-refractivity contribution in [3.05, 3.63) is 29.8 Å². The van der Waals surface area contributed by atoms with Crippen molar-refractivity contribution in [1.82, 2.24) is 0 Å². The van der Waals surface area contributed by atoms with Gasteiger partial charge in [0.05, 0.1) is 10.4 Å². The van der Waals surface area contributed by atoms with Gasteiger partial charge in [0, 0.05) is 12.2 Å². The number of para-hydroxylation sites is 1. The van der Waals surface area contributed by atoms with Gasteiger partial charge in [-0.3, -0.25) is 4.79 Å². The summed E-state index contributed by atoms with van der Waals surface area (Å²) < 4.78 is 0. The number of carbonyl (C=O) groups excluding carboxylic acids is 1. The van der Waals surface area contributed by atoms with Crippen molar-refractivity contribution in [2.45, 2.75) is 39.5 Å². The molecule has 0 fully saturated rings. The lowest BCUT2D eigenvalue weighted by Gasteiger charge is -2.33. The normalized spacial score (nSPS) is 17.8. The number of fused-ring (bicyclic) bond motifs is 1. The van der Waals surface area contributed by atoms with Crippen LogP contribution in [0.1, 0.15) is 38.7 Å². The molecule has 0 bridgehead atoms. The van der Waals surface area contributed by atoms with Gasteiger partial charge in [-0.1, -0.05) is 37.3 Å². The smallest absolute Gasteiger partial charge is 0.239 e. The third kappa shape index (κ3) is 2.57. The number of nitrogens with zero attached hydrogens (tertiary/aromatic N) is 1. The zero-order valence-electron chi connectivity index (χ0n) is 12.2. The quantitative estimate of drug-likeness (QED) is 0.870. The van der Waals surface area contributed by atoms with Crippen LogP contribution in [0.5, 0.6) is 0 Å². The molecule has 1 aliphatic heterocycles. The molecule has 4 heteroatoms. The highest BCUT2D eigenvalue weighted by atomic mass is 32.1. The minimum Gasteiger partial charge on any atom is -0.392 e. The fourth-order valence-electron chi connectivity index (χ4n) is 2.63. The van der Waals surface area contributed by atoms with Crippen molar-refractivity contribution in [3.8, 4) is 0 Å². The molecule has 20 heavy (non-hydrogen) atoms. The van der Waals surface area contributed by atoms with Gasteiger partial charge in [0.2, 0.25) is 5.91 Å². The lowest BCUT2D eigenvalue weighted by molar-refractivity contribution is -0.124. The number of hydrogen-bond acceptors (Lipinski definition) is 2. The van der Waals surface area contributed by atoms with Gasteiger partial charge in [-0.05, 0) is 44.2 Å². The standard InChI is InChI=1S/C16H22N2OS/c1-3-16(2,14(17)20)15(19)18-11-7-6-9-12-8-4-5-10-13(12)18/h4-5,8,10H,3,6-7,9,11H2,1-2H3,(H2,17,20). The number of anilines is 1. The van der Waals surface area contributed by atoms with E-state index in [1.807, 2.05) is 36.9 Å². The molecule has 3 nitrogen and oxygen atoms in total. The molecule has 0 aromatic heterocycles. The van der Waals surface area contributed by atoms with E-state index in [9.17, 15) is 4.79 Å². The van der Waals surface area contributed by atoms with Crippen LogP contribution in [0.15, 0.2) is 24.3 Å². The van der Waals surface area contributed by atoms with Crippen LogP contribution in [0.2, 0.25) is 0 Å². The number of aryl methyl sites for hydroxylation is 1. The topological polar surface area (TPSA) is 46.3 Å². The molecule has 1 atom stereocenters. The van der Waals surface area contributed by atoms with Crippen LogP contribution in [0.4, 0.5) is 5.69 Å². The number of nitrogens with two attached hydrogens (primary N) is 1. The highest BCUT2D eigenvalue weighted by Gasteiger charge is 2.39. The molecule has 1 amide bonds. The molecule has 2 rings (SSSR count). The number of rotatable bonds is 3. The molecule has 1 aromatic rings. The molecule has 0 radical (unpaired) electrons. The Morgan fingerprint density at radius 2 is 2.10 bits per heavy atom. The van der Waals surface area contributed by atoms with E-state index in [-0.39, 0.29) is 10.9 Å². The lowest BCUT2D eigenvalue weighted by atomic mass is 9.85. The molecule has 108 valence electrons. The summed E-state index contributed by atoms with van der Waals surface area (Å²) in [6, 6.07) is 8.13. The summed E-state index contributed by atoms with van der Waals surface area (Å²) in [5.41, 5.74) is 7.33. The fourth-order valence-corrected chi connectivity index (χ4v) is 2.86. The highest BCUT2D eigenvalue weighted by Crippen LogP contribution is 2.32. The van der Waals surface area contributed by atoms with Gasteiger partial charge in [0.15, 0.2) is 0 Å². The summed E-state index contributed by atoms with van der Waals surface area (Å²) in [6.45, 7) is 4.56. The van der Waals surface area contributed by atoms with E-state index in [4.69, 9.17) is 18.0 Å². The van der Waals surface area contributed by atoms with Gasteiger partial charge >= 0.3 is 0 Å². The second-order valence-corrected chi connectivity index (χ2v) is 6.03. The Balaban J connectivity index is 2.42. The van der Waals surface area contributed by atoms with E-state index in [2.05, 4.69) is 6.07 Å². The first-order chi connectivity index (χ1) is 9.50. The molecule has 1 aromatic carbocycles. The first-order valence-electron chi connectivity index (χ1n) is 7.20. The summed E-state index contributed by atoms with van der Waals surface area (Å²) in [5, 5.41) is 0. The van der Waals surface area contributed by atoms with Gasteiger partial charge < -0.3 is 10.6 Å². The van der Waals surface area contributed by atoms with Crippen LogP contribution >= 0.6 is 12.2 Å². The molecule has 1 unspecified atom stereocenters. The van der Waals surface area contributed by atoms with Crippen LogP contribution in [-0.2, 0) is 11.2 Å². The maximum absolute atomic E-state index is 13.0. The largest absolute Gasteiger partial charge is 0.392 e. The number of thiocarbonyl (C=S) groups is 1. The number of hydrogen-bond donors (Lipinski definition) is 1. The van der Waals surface area contributed by atoms with Crippen molar-refractivity contribution in [1.29, 1.82) is 0 Å². The van der Waals surface area contributed by atoms with Gasteiger partial charge in [-0.15, -0.1) is 0 Å². The third-order valence-electron chi connectivity index (χ3n) is 4.33. The Morgan fingerprint density at radius 3 is 2.75 bits per heavy atom. The first kappa shape index (κ1) is 15.0. The maximum atomic E-state index is 13.0. The van der Waals surface area contributed by atoms with E-state index in [0.29, 0.717) is 6.42 Å². The molecular formula is C16H22N2OS. The minimum atomic E-state index is -0.757. The van der Waals surface area contributed by atoms with Crippen LogP contribution in [0, 0.1) is 5.41 Å². The first-order valence-corrected chi connectivity index (χ1v) is 7.61. The highest BCUT2D eigenvalue weighted by molar-refractivity contribution is 7.80. The molecule has 2 N–H and O–H groups in total. The maximum Gasteiger partial charge on any atom is 0.239 e. The Morgan fingerprint density at radius 1 is 1.40 bits per heavy atom. The molecule has 0 saturated heterocycles. The summed E-state index contributed by atoms with van der Waals surface area (Å²) in [5.74, 6) is 0.0295. The number of amides is 1. The van der Waals surface area contributed by atoms with E-state index >= 15 is 0 Å². The van der Waals surface area contributed by atoms with E-state index in [1.54, 1.807) is 0 Å². The zero-order chi connectivity index (χ0) is 14.8. The predicted octanol–water partition coefficient (Wildman–Crippen LogP) is 3.06. The minimum absolute atomic E-state index is 0.0295. The van der Waals surface area contributed by atoms with Gasteiger partial charge in [0.25, 0.3) is 0 Å². The van der Waals surface area contributed by atoms with E-state index in [0.717, 1.165) is 31.5 Å².